The van der Waals surface area contributed by atoms with Gasteiger partial charge in [-0.25, -0.2) is 4.79 Å². The van der Waals surface area contributed by atoms with Gasteiger partial charge in [0.05, 0.1) is 6.61 Å². The fraction of sp³-hybridized carbons (Fsp3) is 0.235. The van der Waals surface area contributed by atoms with E-state index in [1.165, 1.54) is 11.1 Å². The van der Waals surface area contributed by atoms with Gasteiger partial charge in [0.15, 0.2) is 0 Å². The summed E-state index contributed by atoms with van der Waals surface area (Å²) in [5.74, 6) is -0.253. The molecule has 21 heavy (non-hydrogen) atoms. The number of hydrogen-bond donors (Lipinski definition) is 0. The molecule has 108 valence electrons. The molecule has 2 heterocycles. The average molecular weight is 299 g/mol. The first-order chi connectivity index (χ1) is 10.3. The minimum absolute atomic E-state index is 0.253. The molecule has 4 heteroatoms. The third-order valence-electron chi connectivity index (χ3n) is 3.46. The van der Waals surface area contributed by atoms with Gasteiger partial charge in [-0.1, -0.05) is 30.3 Å². The topological polar surface area (TPSA) is 30.7 Å². The summed E-state index contributed by atoms with van der Waals surface area (Å²) in [7, 11) is 0. The summed E-state index contributed by atoms with van der Waals surface area (Å²) in [6.07, 6.45) is 3.83. The second-order valence-corrected chi connectivity index (χ2v) is 5.73. The quantitative estimate of drug-likeness (QED) is 0.668. The van der Waals surface area contributed by atoms with Gasteiger partial charge in [-0.15, -0.1) is 11.3 Å². The van der Waals surface area contributed by atoms with Gasteiger partial charge in [0.2, 0.25) is 0 Å². The Bertz CT molecular complexity index is 743. The highest BCUT2D eigenvalue weighted by atomic mass is 32.1. The van der Waals surface area contributed by atoms with E-state index >= 15 is 0 Å². The Labute approximate surface area is 127 Å². The largest absolute Gasteiger partial charge is 0.461 e. The molecule has 0 aliphatic heterocycles. The first-order valence-corrected chi connectivity index (χ1v) is 7.96. The smallest absolute Gasteiger partial charge is 0.355 e. The van der Waals surface area contributed by atoms with E-state index in [0.717, 1.165) is 17.7 Å². The zero-order valence-corrected chi connectivity index (χ0v) is 12.7. The summed E-state index contributed by atoms with van der Waals surface area (Å²) in [5.41, 5.74) is 3.14. The van der Waals surface area contributed by atoms with E-state index in [1.54, 1.807) is 11.3 Å². The Morgan fingerprint density at radius 1 is 1.24 bits per heavy atom. The van der Waals surface area contributed by atoms with Crippen LogP contribution in [0.2, 0.25) is 0 Å². The molecule has 0 unspecified atom stereocenters. The summed E-state index contributed by atoms with van der Waals surface area (Å²) >= 11 is 1.66. The van der Waals surface area contributed by atoms with Crippen LogP contribution < -0.4 is 0 Å². The monoisotopic (exact) mass is 299 g/mol. The molecule has 0 fully saturated rings. The molecule has 1 aromatic carbocycles. The van der Waals surface area contributed by atoms with E-state index in [1.807, 2.05) is 35.0 Å². The van der Waals surface area contributed by atoms with Gasteiger partial charge in [-0.3, -0.25) is 0 Å². The first kappa shape index (κ1) is 13.9. The van der Waals surface area contributed by atoms with Crippen molar-refractivity contribution in [3.05, 3.63) is 64.8 Å². The Morgan fingerprint density at radius 3 is 2.81 bits per heavy atom. The maximum Gasteiger partial charge on any atom is 0.355 e. The van der Waals surface area contributed by atoms with Crippen LogP contribution in [0.3, 0.4) is 0 Å². The molecule has 2 aromatic heterocycles. The third kappa shape index (κ3) is 2.85. The number of esters is 1. The van der Waals surface area contributed by atoms with E-state index in [9.17, 15) is 4.79 Å². The Hall–Kier alpha value is -2.07. The van der Waals surface area contributed by atoms with E-state index in [4.69, 9.17) is 4.74 Å². The van der Waals surface area contributed by atoms with Crippen LogP contribution in [-0.2, 0) is 17.6 Å². The molecule has 0 N–H and O–H groups in total. The summed E-state index contributed by atoms with van der Waals surface area (Å²) in [5, 5.41) is 2.00. The molecular formula is C17H17NO2S. The van der Waals surface area contributed by atoms with Crippen LogP contribution >= 0.6 is 11.3 Å². The molecule has 0 saturated carbocycles. The SMILES string of the molecule is CCOC(=O)c1cc(CCc2ccccc2)c2sccn12. The number of carbonyl (C=O) groups excluding carboxylic acids is 1. The predicted octanol–water partition coefficient (Wildman–Crippen LogP) is 3.96. The summed E-state index contributed by atoms with van der Waals surface area (Å²) < 4.78 is 7.06. The van der Waals surface area contributed by atoms with Crippen LogP contribution in [0.15, 0.2) is 48.0 Å². The van der Waals surface area contributed by atoms with Crippen molar-refractivity contribution in [1.82, 2.24) is 4.40 Å². The highest BCUT2D eigenvalue weighted by Crippen LogP contribution is 2.24. The molecule has 3 nitrogen and oxygen atoms in total. The summed E-state index contributed by atoms with van der Waals surface area (Å²) in [6.45, 7) is 2.22. The van der Waals surface area contributed by atoms with Gasteiger partial charge in [0.1, 0.15) is 10.5 Å². The second kappa shape index (κ2) is 6.14. The molecule has 0 aliphatic carbocycles. The van der Waals surface area contributed by atoms with Crippen LogP contribution in [0.25, 0.3) is 4.83 Å². The van der Waals surface area contributed by atoms with Crippen LogP contribution in [-0.4, -0.2) is 17.0 Å². The number of nitrogens with zero attached hydrogens (tertiary/aromatic N) is 1. The lowest BCUT2D eigenvalue weighted by molar-refractivity contribution is 0.0518. The van der Waals surface area contributed by atoms with Gasteiger partial charge in [0, 0.05) is 11.6 Å². The molecule has 0 aliphatic rings. The van der Waals surface area contributed by atoms with Gasteiger partial charge in [-0.2, -0.15) is 0 Å². The molecule has 0 saturated heterocycles. The first-order valence-electron chi connectivity index (χ1n) is 7.08. The van der Waals surface area contributed by atoms with Crippen molar-refractivity contribution in [3.8, 4) is 0 Å². The predicted molar refractivity (Wildman–Crippen MR) is 85.1 cm³/mol. The third-order valence-corrected chi connectivity index (χ3v) is 4.40. The average Bonchev–Trinajstić information content (AvgIpc) is 3.09. The lowest BCUT2D eigenvalue weighted by Gasteiger charge is -1.99. The number of hydrogen-bond acceptors (Lipinski definition) is 3. The van der Waals surface area contributed by atoms with Gasteiger partial charge >= 0.3 is 5.97 Å². The highest BCUT2D eigenvalue weighted by Gasteiger charge is 2.16. The Balaban J connectivity index is 1.85. The number of benzene rings is 1. The number of aromatic nitrogens is 1. The summed E-state index contributed by atoms with van der Waals surface area (Å²) in [4.78, 5) is 13.1. The minimum atomic E-state index is -0.253. The molecule has 0 spiro atoms. The number of aryl methyl sites for hydroxylation is 2. The van der Waals surface area contributed by atoms with E-state index in [2.05, 4.69) is 24.3 Å². The van der Waals surface area contributed by atoms with Crippen molar-refractivity contribution in [1.29, 1.82) is 0 Å². The van der Waals surface area contributed by atoms with Crippen molar-refractivity contribution < 1.29 is 9.53 Å². The van der Waals surface area contributed by atoms with Gasteiger partial charge < -0.3 is 9.14 Å². The maximum absolute atomic E-state index is 12.0. The second-order valence-electron chi connectivity index (χ2n) is 4.84. The Kier molecular flexibility index (Phi) is 4.06. The molecule has 0 radical (unpaired) electrons. The highest BCUT2D eigenvalue weighted by molar-refractivity contribution is 7.15. The van der Waals surface area contributed by atoms with Gasteiger partial charge in [-0.05, 0) is 37.0 Å². The minimum Gasteiger partial charge on any atom is -0.461 e. The zero-order valence-electron chi connectivity index (χ0n) is 11.9. The molecule has 3 aromatic rings. The molecule has 3 rings (SSSR count). The molecular weight excluding hydrogens is 282 g/mol. The van der Waals surface area contributed by atoms with Crippen molar-refractivity contribution in [2.75, 3.05) is 6.61 Å². The van der Waals surface area contributed by atoms with Gasteiger partial charge in [0.25, 0.3) is 0 Å². The number of rotatable bonds is 5. The van der Waals surface area contributed by atoms with E-state index in [-0.39, 0.29) is 5.97 Å². The molecule has 0 amide bonds. The van der Waals surface area contributed by atoms with Crippen molar-refractivity contribution in [2.24, 2.45) is 0 Å². The fourth-order valence-electron chi connectivity index (χ4n) is 2.46. The molecule has 0 bridgehead atoms. The normalized spacial score (nSPS) is 10.9. The number of fused-ring (bicyclic) bond motifs is 1. The zero-order chi connectivity index (χ0) is 14.7. The van der Waals surface area contributed by atoms with E-state index < -0.39 is 0 Å². The number of ether oxygens (including phenoxy) is 1. The number of carbonyl (C=O) groups is 1. The van der Waals surface area contributed by atoms with Crippen LogP contribution in [0, 0.1) is 0 Å². The summed E-state index contributed by atoms with van der Waals surface area (Å²) in [6, 6.07) is 12.4. The maximum atomic E-state index is 12.0. The standard InChI is InChI=1S/C17H17NO2S/c1-2-20-17(19)15-12-14(16-18(15)10-11-21-16)9-8-13-6-4-3-5-7-13/h3-7,10-12H,2,8-9H2,1H3. The van der Waals surface area contributed by atoms with Crippen molar-refractivity contribution in [2.45, 2.75) is 19.8 Å². The van der Waals surface area contributed by atoms with Crippen LogP contribution in [0.5, 0.6) is 0 Å². The number of thiazole rings is 1. The lowest BCUT2D eigenvalue weighted by Crippen LogP contribution is -2.06. The van der Waals surface area contributed by atoms with Crippen molar-refractivity contribution in [3.63, 3.8) is 0 Å². The Morgan fingerprint density at radius 2 is 2.05 bits per heavy atom. The van der Waals surface area contributed by atoms with Crippen molar-refractivity contribution >= 4 is 22.1 Å². The van der Waals surface area contributed by atoms with Crippen LogP contribution in [0.4, 0.5) is 0 Å². The molecule has 0 atom stereocenters. The lowest BCUT2D eigenvalue weighted by atomic mass is 10.1. The fourth-order valence-corrected chi connectivity index (χ4v) is 3.36. The van der Waals surface area contributed by atoms with Crippen LogP contribution in [0.1, 0.15) is 28.5 Å². The van der Waals surface area contributed by atoms with E-state index in [0.29, 0.717) is 12.3 Å².